The molecule has 0 fully saturated rings. The third kappa shape index (κ3) is 4.62. The smallest absolute Gasteiger partial charge is 0.180 e. The average Bonchev–Trinajstić information content (AvgIpc) is 2.38. The Morgan fingerprint density at radius 3 is 2.32 bits per heavy atom. The Balaban J connectivity index is 2.78. The van der Waals surface area contributed by atoms with Gasteiger partial charge in [-0.1, -0.05) is 31.4 Å². The summed E-state index contributed by atoms with van der Waals surface area (Å²) in [5.41, 5.74) is 0.385. The molecule has 3 nitrogen and oxygen atoms in total. The summed E-state index contributed by atoms with van der Waals surface area (Å²) >= 11 is 5.74. The van der Waals surface area contributed by atoms with Crippen molar-refractivity contribution in [3.63, 3.8) is 0 Å². The van der Waals surface area contributed by atoms with E-state index in [1.54, 1.807) is 24.3 Å². The van der Waals surface area contributed by atoms with Crippen LogP contribution in [0.5, 0.6) is 0 Å². The van der Waals surface area contributed by atoms with Crippen molar-refractivity contribution >= 4 is 27.2 Å². The van der Waals surface area contributed by atoms with Crippen LogP contribution in [0, 0.1) is 0 Å². The molecule has 0 aliphatic heterocycles. The van der Waals surface area contributed by atoms with Crippen LogP contribution in [-0.2, 0) is 9.84 Å². The second-order valence-electron chi connectivity index (χ2n) is 4.59. The Morgan fingerprint density at radius 1 is 1.21 bits per heavy atom. The molecule has 106 valence electrons. The number of unbranched alkanes of at least 4 members (excludes halogenated alkanes) is 2. The summed E-state index contributed by atoms with van der Waals surface area (Å²) in [6.07, 6.45) is 2.42. The Morgan fingerprint density at radius 2 is 1.79 bits per heavy atom. The quantitative estimate of drug-likeness (QED) is 0.572. The van der Waals surface area contributed by atoms with Gasteiger partial charge in [0.2, 0.25) is 0 Å². The SMILES string of the molecule is CCCCCS(=O)(=O)C(C)C(=O)c1ccc(Cl)cc1. The van der Waals surface area contributed by atoms with Crippen LogP contribution in [0.4, 0.5) is 0 Å². The first kappa shape index (κ1) is 16.2. The van der Waals surface area contributed by atoms with E-state index in [2.05, 4.69) is 0 Å². The number of sulfone groups is 1. The first-order valence-electron chi connectivity index (χ1n) is 6.40. The average molecular weight is 303 g/mol. The van der Waals surface area contributed by atoms with Gasteiger partial charge in [-0.15, -0.1) is 0 Å². The van der Waals surface area contributed by atoms with E-state index in [1.807, 2.05) is 6.92 Å². The number of carbonyl (C=O) groups excluding carboxylic acids is 1. The number of rotatable bonds is 7. The molecule has 0 radical (unpaired) electrons. The lowest BCUT2D eigenvalue weighted by Crippen LogP contribution is -2.29. The first-order valence-corrected chi connectivity index (χ1v) is 8.49. The van der Waals surface area contributed by atoms with E-state index in [1.165, 1.54) is 6.92 Å². The molecule has 19 heavy (non-hydrogen) atoms. The molecule has 0 amide bonds. The molecular formula is C14H19ClO3S. The van der Waals surface area contributed by atoms with Gasteiger partial charge < -0.3 is 0 Å². The molecule has 1 aromatic rings. The minimum Gasteiger partial charge on any atom is -0.293 e. The van der Waals surface area contributed by atoms with Gasteiger partial charge in [-0.25, -0.2) is 8.42 Å². The fourth-order valence-electron chi connectivity index (χ4n) is 1.74. The van der Waals surface area contributed by atoms with Gasteiger partial charge in [0, 0.05) is 10.6 Å². The maximum atomic E-state index is 12.1. The Bertz CT molecular complexity index is 520. The molecule has 0 aliphatic rings. The number of hydrogen-bond acceptors (Lipinski definition) is 3. The fraction of sp³-hybridized carbons (Fsp3) is 0.500. The zero-order chi connectivity index (χ0) is 14.5. The maximum absolute atomic E-state index is 12.1. The number of halogens is 1. The molecule has 1 rings (SSSR count). The Hall–Kier alpha value is -0.870. The molecule has 0 spiro atoms. The minimum atomic E-state index is -3.37. The monoisotopic (exact) mass is 302 g/mol. The highest BCUT2D eigenvalue weighted by atomic mass is 35.5. The van der Waals surface area contributed by atoms with Gasteiger partial charge >= 0.3 is 0 Å². The van der Waals surface area contributed by atoms with Crippen molar-refractivity contribution in [2.75, 3.05) is 5.75 Å². The number of hydrogen-bond donors (Lipinski definition) is 0. The summed E-state index contributed by atoms with van der Waals surface area (Å²) < 4.78 is 24.1. The van der Waals surface area contributed by atoms with Crippen molar-refractivity contribution in [3.05, 3.63) is 34.9 Å². The van der Waals surface area contributed by atoms with Crippen LogP contribution in [0.1, 0.15) is 43.5 Å². The van der Waals surface area contributed by atoms with Crippen LogP contribution in [0.25, 0.3) is 0 Å². The topological polar surface area (TPSA) is 51.2 Å². The number of benzene rings is 1. The van der Waals surface area contributed by atoms with Crippen LogP contribution in [0.3, 0.4) is 0 Å². The van der Waals surface area contributed by atoms with E-state index in [-0.39, 0.29) is 11.5 Å². The summed E-state index contributed by atoms with van der Waals surface area (Å²) in [6, 6.07) is 6.29. The zero-order valence-corrected chi connectivity index (χ0v) is 12.8. The maximum Gasteiger partial charge on any atom is 0.180 e. The van der Waals surface area contributed by atoms with Gasteiger partial charge in [0.1, 0.15) is 5.25 Å². The van der Waals surface area contributed by atoms with Crippen molar-refractivity contribution < 1.29 is 13.2 Å². The van der Waals surface area contributed by atoms with Gasteiger partial charge in [0.25, 0.3) is 0 Å². The molecule has 1 aromatic carbocycles. The van der Waals surface area contributed by atoms with Crippen molar-refractivity contribution in [2.45, 2.75) is 38.4 Å². The number of carbonyl (C=O) groups is 1. The van der Waals surface area contributed by atoms with E-state index >= 15 is 0 Å². The second-order valence-corrected chi connectivity index (χ2v) is 7.46. The summed E-state index contributed by atoms with van der Waals surface area (Å²) in [4.78, 5) is 12.1. The lowest BCUT2D eigenvalue weighted by Gasteiger charge is -2.12. The van der Waals surface area contributed by atoms with Crippen LogP contribution >= 0.6 is 11.6 Å². The predicted molar refractivity (Wildman–Crippen MR) is 78.6 cm³/mol. The molecule has 5 heteroatoms. The molecule has 0 saturated carbocycles. The normalized spacial score (nSPS) is 13.2. The highest BCUT2D eigenvalue weighted by Gasteiger charge is 2.28. The molecule has 0 saturated heterocycles. The van der Waals surface area contributed by atoms with E-state index in [9.17, 15) is 13.2 Å². The van der Waals surface area contributed by atoms with Crippen molar-refractivity contribution in [2.24, 2.45) is 0 Å². The van der Waals surface area contributed by atoms with Crippen molar-refractivity contribution in [1.29, 1.82) is 0 Å². The van der Waals surface area contributed by atoms with E-state index in [0.717, 1.165) is 12.8 Å². The van der Waals surface area contributed by atoms with Gasteiger partial charge in [-0.3, -0.25) is 4.79 Å². The number of ketones is 1. The molecule has 0 bridgehead atoms. The standard InChI is InChI=1S/C14H19ClO3S/c1-3-4-5-10-19(17,18)11(2)14(16)12-6-8-13(15)9-7-12/h6-9,11H,3-5,10H2,1-2H3. The number of Topliss-reactive ketones (excluding diaryl/α,β-unsaturated/α-hetero) is 1. The summed E-state index contributed by atoms with van der Waals surface area (Å²) in [7, 11) is -3.37. The summed E-state index contributed by atoms with van der Waals surface area (Å²) in [5, 5.41) is -0.472. The third-order valence-corrected chi connectivity index (χ3v) is 5.47. The second kappa shape index (κ2) is 7.06. The van der Waals surface area contributed by atoms with Gasteiger partial charge in [-0.2, -0.15) is 0 Å². The molecule has 0 aliphatic carbocycles. The zero-order valence-electron chi connectivity index (χ0n) is 11.2. The predicted octanol–water partition coefficient (Wildman–Crippen LogP) is 3.52. The molecular weight excluding hydrogens is 284 g/mol. The fourth-order valence-corrected chi connectivity index (χ4v) is 3.29. The van der Waals surface area contributed by atoms with E-state index in [4.69, 9.17) is 11.6 Å². The van der Waals surface area contributed by atoms with Crippen LogP contribution in [0.2, 0.25) is 5.02 Å². The first-order chi connectivity index (χ1) is 8.88. The van der Waals surface area contributed by atoms with Crippen LogP contribution in [0.15, 0.2) is 24.3 Å². The Kier molecular flexibility index (Phi) is 6.01. The highest BCUT2D eigenvalue weighted by molar-refractivity contribution is 7.92. The van der Waals surface area contributed by atoms with Crippen molar-refractivity contribution in [1.82, 2.24) is 0 Å². The molecule has 1 unspecified atom stereocenters. The Labute approximate surface area is 119 Å². The lowest BCUT2D eigenvalue weighted by molar-refractivity contribution is 0.0991. The van der Waals surface area contributed by atoms with Gasteiger partial charge in [0.15, 0.2) is 15.6 Å². The summed E-state index contributed by atoms with van der Waals surface area (Å²) in [5.74, 6) is -0.297. The van der Waals surface area contributed by atoms with E-state index in [0.29, 0.717) is 17.0 Å². The van der Waals surface area contributed by atoms with Crippen LogP contribution in [-0.4, -0.2) is 25.2 Å². The minimum absolute atomic E-state index is 0.0708. The lowest BCUT2D eigenvalue weighted by atomic mass is 10.1. The highest BCUT2D eigenvalue weighted by Crippen LogP contribution is 2.15. The van der Waals surface area contributed by atoms with Gasteiger partial charge in [-0.05, 0) is 37.6 Å². The molecule has 0 heterocycles. The molecule has 0 N–H and O–H groups in total. The molecule has 0 aromatic heterocycles. The largest absolute Gasteiger partial charge is 0.293 e. The van der Waals surface area contributed by atoms with Gasteiger partial charge in [0.05, 0.1) is 5.75 Å². The van der Waals surface area contributed by atoms with Crippen molar-refractivity contribution in [3.8, 4) is 0 Å². The summed E-state index contributed by atoms with van der Waals surface area (Å²) in [6.45, 7) is 3.47. The van der Waals surface area contributed by atoms with E-state index < -0.39 is 15.1 Å². The van der Waals surface area contributed by atoms with Crippen LogP contribution < -0.4 is 0 Å². The molecule has 1 atom stereocenters. The third-order valence-electron chi connectivity index (χ3n) is 3.07.